The minimum atomic E-state index is -1.77. The van der Waals surface area contributed by atoms with Crippen LogP contribution in [-0.4, -0.2) is 21.9 Å². The molecule has 0 bridgehead atoms. The van der Waals surface area contributed by atoms with Crippen molar-refractivity contribution in [3.05, 3.63) is 0 Å². The fourth-order valence-electron chi connectivity index (χ4n) is 0. The van der Waals surface area contributed by atoms with E-state index in [2.05, 4.69) is 53.2 Å². The predicted molar refractivity (Wildman–Crippen MR) is 50.2 cm³/mol. The molecule has 0 aliphatic rings. The van der Waals surface area contributed by atoms with Crippen molar-refractivity contribution in [2.24, 2.45) is 0 Å². The van der Waals surface area contributed by atoms with E-state index in [1.807, 2.05) is 0 Å². The van der Waals surface area contributed by atoms with Gasteiger partial charge in [0.1, 0.15) is 0 Å². The molecule has 0 heterocycles. The SMILES string of the molecule is O.O.O.O.[Br][Mo]([Br])([Br])[Br]. The van der Waals surface area contributed by atoms with Crippen molar-refractivity contribution in [2.45, 2.75) is 0 Å². The Balaban J connectivity index is -0.0000000133. The summed E-state index contributed by atoms with van der Waals surface area (Å²) in [6.07, 6.45) is 0. The maximum atomic E-state index is 3.32. The molecule has 0 saturated heterocycles. The summed E-state index contributed by atoms with van der Waals surface area (Å²) < 4.78 is 0. The van der Waals surface area contributed by atoms with Crippen molar-refractivity contribution < 1.29 is 29.7 Å². The van der Waals surface area contributed by atoms with Crippen molar-refractivity contribution >= 4 is 53.2 Å². The molecule has 0 unspecified atom stereocenters. The molecule has 9 heavy (non-hydrogen) atoms. The fraction of sp³-hybridized carbons (Fsp3) is 0. The monoisotopic (exact) mass is 486 g/mol. The Labute approximate surface area is 81.8 Å². The predicted octanol–water partition coefficient (Wildman–Crippen LogP) is 0.0811. The molecule has 0 atom stereocenters. The molecule has 0 aromatic carbocycles. The van der Waals surface area contributed by atoms with Gasteiger partial charge < -0.3 is 21.9 Å². The molecule has 0 saturated carbocycles. The second kappa shape index (κ2) is 13.1. The number of halogens is 4. The summed E-state index contributed by atoms with van der Waals surface area (Å²) in [5.41, 5.74) is 0. The van der Waals surface area contributed by atoms with Crippen molar-refractivity contribution in [1.29, 1.82) is 0 Å². The zero-order valence-electron chi connectivity index (χ0n) is 3.92. The van der Waals surface area contributed by atoms with Gasteiger partial charge in [0.2, 0.25) is 0 Å². The zero-order valence-corrected chi connectivity index (χ0v) is 12.3. The van der Waals surface area contributed by atoms with Gasteiger partial charge in [-0.2, -0.15) is 0 Å². The number of hydrogen-bond donors (Lipinski definition) is 0. The van der Waals surface area contributed by atoms with Crippen LogP contribution in [0.1, 0.15) is 0 Å². The van der Waals surface area contributed by atoms with E-state index in [-0.39, 0.29) is 21.9 Å². The topological polar surface area (TPSA) is 126 Å². The summed E-state index contributed by atoms with van der Waals surface area (Å²) in [6, 6.07) is 0. The van der Waals surface area contributed by atoms with Crippen LogP contribution in [-0.2, 0) is 7.84 Å². The van der Waals surface area contributed by atoms with Crippen molar-refractivity contribution in [3.8, 4) is 0 Å². The van der Waals surface area contributed by atoms with Gasteiger partial charge in [0, 0.05) is 0 Å². The van der Waals surface area contributed by atoms with Crippen LogP contribution < -0.4 is 0 Å². The third kappa shape index (κ3) is 124. The van der Waals surface area contributed by atoms with Crippen LogP contribution in [0.5, 0.6) is 0 Å². The van der Waals surface area contributed by atoms with E-state index in [1.165, 1.54) is 0 Å². The number of rotatable bonds is 0. The molecular formula is H8Br4MoO4. The van der Waals surface area contributed by atoms with E-state index in [1.54, 1.807) is 0 Å². The van der Waals surface area contributed by atoms with E-state index in [0.29, 0.717) is 0 Å². The van der Waals surface area contributed by atoms with Crippen LogP contribution in [0.4, 0.5) is 0 Å². The second-order valence-corrected chi connectivity index (χ2v) is 55.9. The van der Waals surface area contributed by atoms with Crippen molar-refractivity contribution in [1.82, 2.24) is 0 Å². The third-order valence-corrected chi connectivity index (χ3v) is 0. The van der Waals surface area contributed by atoms with Crippen LogP contribution >= 0.6 is 53.2 Å². The van der Waals surface area contributed by atoms with E-state index in [9.17, 15) is 0 Å². The van der Waals surface area contributed by atoms with Gasteiger partial charge in [-0.15, -0.1) is 0 Å². The molecule has 0 spiro atoms. The molecule has 0 amide bonds. The molecule has 0 rings (SSSR count). The Morgan fingerprint density at radius 3 is 0.556 bits per heavy atom. The summed E-state index contributed by atoms with van der Waals surface area (Å²) >= 11 is 13.3. The van der Waals surface area contributed by atoms with Crippen molar-refractivity contribution in [3.63, 3.8) is 0 Å². The first kappa shape index (κ1) is 30.1. The Kier molecular flexibility index (Phi) is 43.6. The van der Waals surface area contributed by atoms with Gasteiger partial charge in [-0.1, -0.05) is 0 Å². The molecule has 0 fully saturated rings. The normalized spacial score (nSPS) is 8.44. The summed E-state index contributed by atoms with van der Waals surface area (Å²) in [4.78, 5) is 0. The van der Waals surface area contributed by atoms with Gasteiger partial charge in [-0.05, 0) is 0 Å². The maximum absolute atomic E-state index is 3.32. The molecular weight excluding hydrogens is 480 g/mol. The molecule has 0 aliphatic heterocycles. The summed E-state index contributed by atoms with van der Waals surface area (Å²) in [5, 5.41) is 0. The van der Waals surface area contributed by atoms with Crippen LogP contribution in [0.25, 0.3) is 0 Å². The minimum absolute atomic E-state index is 0. The molecule has 0 aromatic heterocycles. The van der Waals surface area contributed by atoms with Gasteiger partial charge in [-0.3, -0.25) is 0 Å². The molecule has 0 aliphatic carbocycles. The van der Waals surface area contributed by atoms with Crippen molar-refractivity contribution in [2.75, 3.05) is 0 Å². The van der Waals surface area contributed by atoms with Gasteiger partial charge in [0.15, 0.2) is 0 Å². The van der Waals surface area contributed by atoms with E-state index < -0.39 is 7.84 Å². The third-order valence-electron chi connectivity index (χ3n) is 0. The molecule has 4 nitrogen and oxygen atoms in total. The number of hydrogen-bond acceptors (Lipinski definition) is 0. The summed E-state index contributed by atoms with van der Waals surface area (Å²) in [6.45, 7) is 0. The first-order valence-corrected chi connectivity index (χ1v) is 19.0. The second-order valence-electron chi connectivity index (χ2n) is 0.350. The Bertz CT molecular complexity index is 28.0. The van der Waals surface area contributed by atoms with Crippen LogP contribution in [0, 0.1) is 0 Å². The van der Waals surface area contributed by atoms with Gasteiger partial charge in [0.25, 0.3) is 0 Å². The van der Waals surface area contributed by atoms with Crippen LogP contribution in [0.2, 0.25) is 0 Å². The molecule has 66 valence electrons. The Morgan fingerprint density at radius 1 is 0.556 bits per heavy atom. The Hall–Kier alpha value is 2.45. The van der Waals surface area contributed by atoms with E-state index in [4.69, 9.17) is 0 Å². The van der Waals surface area contributed by atoms with E-state index >= 15 is 0 Å². The molecule has 0 radical (unpaired) electrons. The molecule has 9 heteroatoms. The zero-order chi connectivity index (χ0) is 4.50. The van der Waals surface area contributed by atoms with Gasteiger partial charge >= 0.3 is 61.0 Å². The average molecular weight is 488 g/mol. The average Bonchev–Trinajstić information content (AvgIpc) is 0.722. The quantitative estimate of drug-likeness (QED) is 0.429. The van der Waals surface area contributed by atoms with E-state index in [0.717, 1.165) is 0 Å². The summed E-state index contributed by atoms with van der Waals surface area (Å²) in [5.74, 6) is 0. The fourth-order valence-corrected chi connectivity index (χ4v) is 0. The first-order valence-electron chi connectivity index (χ1n) is 0.617. The summed E-state index contributed by atoms with van der Waals surface area (Å²) in [7, 11) is -1.77. The first-order chi connectivity index (χ1) is 2.00. The molecule has 8 N–H and O–H groups in total. The van der Waals surface area contributed by atoms with Gasteiger partial charge in [-0.25, -0.2) is 0 Å². The van der Waals surface area contributed by atoms with Crippen LogP contribution in [0.15, 0.2) is 0 Å². The Morgan fingerprint density at radius 2 is 0.556 bits per heavy atom. The van der Waals surface area contributed by atoms with Gasteiger partial charge in [0.05, 0.1) is 0 Å². The van der Waals surface area contributed by atoms with Crippen LogP contribution in [0.3, 0.4) is 0 Å². The standard InChI is InChI=1S/4BrH.Mo.4H2O/h4*1H;;4*1H2/q;;;;+4;;;;/p-4. The molecule has 0 aromatic rings.